The third kappa shape index (κ3) is 3.08. The topological polar surface area (TPSA) is 99.2 Å². The minimum absolute atomic E-state index is 0.0541. The molecule has 5 rings (SSSR count). The van der Waals surface area contributed by atoms with Gasteiger partial charge >= 0.3 is 0 Å². The summed E-state index contributed by atoms with van der Waals surface area (Å²) in [5.41, 5.74) is 3.54. The van der Waals surface area contributed by atoms with Crippen LogP contribution in [0, 0.1) is 6.92 Å². The minimum atomic E-state index is -0.0887. The zero-order valence-corrected chi connectivity index (χ0v) is 16.9. The van der Waals surface area contributed by atoms with E-state index in [0.717, 1.165) is 22.6 Å². The molecule has 4 aromatic rings. The Kier molecular flexibility index (Phi) is 4.23. The van der Waals surface area contributed by atoms with Crippen molar-refractivity contribution in [3.05, 3.63) is 59.5 Å². The van der Waals surface area contributed by atoms with Crippen molar-refractivity contribution in [2.75, 3.05) is 5.32 Å². The number of nitrogens with zero attached hydrogens (tertiary/aromatic N) is 6. The second kappa shape index (κ2) is 6.94. The van der Waals surface area contributed by atoms with Gasteiger partial charge in [0.1, 0.15) is 17.9 Å². The van der Waals surface area contributed by atoms with Gasteiger partial charge in [-0.3, -0.25) is 4.79 Å². The molecule has 4 heterocycles. The van der Waals surface area contributed by atoms with Crippen molar-refractivity contribution >= 4 is 17.4 Å². The monoisotopic (exact) mass is 403 g/mol. The van der Waals surface area contributed by atoms with Crippen LogP contribution in [0.15, 0.2) is 42.7 Å². The van der Waals surface area contributed by atoms with Crippen molar-refractivity contribution in [2.24, 2.45) is 0 Å². The maximum Gasteiger partial charge on any atom is 0.226 e. The number of amides is 1. The van der Waals surface area contributed by atoms with E-state index in [0.29, 0.717) is 23.7 Å². The van der Waals surface area contributed by atoms with Crippen LogP contribution in [0.1, 0.15) is 43.0 Å². The Morgan fingerprint density at radius 1 is 1.13 bits per heavy atom. The maximum atomic E-state index is 12.6. The Balaban J connectivity index is 1.57. The molecule has 1 aliphatic rings. The lowest BCUT2D eigenvalue weighted by Gasteiger charge is -2.24. The molecule has 0 radical (unpaired) electrons. The number of carbonyl (C=O) groups excluding carboxylic acids is 1. The first-order valence-corrected chi connectivity index (χ1v) is 9.83. The summed E-state index contributed by atoms with van der Waals surface area (Å²) in [5.74, 6) is 1.90. The molecule has 1 unspecified atom stereocenters. The van der Waals surface area contributed by atoms with E-state index in [2.05, 4.69) is 25.7 Å². The van der Waals surface area contributed by atoms with E-state index in [1.807, 2.05) is 57.2 Å². The Bertz CT molecular complexity index is 1240. The second-order valence-corrected chi connectivity index (χ2v) is 7.63. The molecular formula is C21H21N7O2. The largest absolute Gasteiger partial charge is 0.491 e. The van der Waals surface area contributed by atoms with Crippen LogP contribution in [-0.4, -0.2) is 41.6 Å². The normalized spacial score (nSPS) is 16.0. The first kappa shape index (κ1) is 18.3. The lowest BCUT2D eigenvalue weighted by atomic mass is 9.86. The number of benzene rings is 1. The lowest BCUT2D eigenvalue weighted by molar-refractivity contribution is -0.116. The summed E-state index contributed by atoms with van der Waals surface area (Å²) < 4.78 is 8.99. The van der Waals surface area contributed by atoms with E-state index in [4.69, 9.17) is 4.74 Å². The van der Waals surface area contributed by atoms with Gasteiger partial charge in [-0.1, -0.05) is 12.1 Å². The molecule has 1 aliphatic heterocycles. The SMILES string of the molecule is Cc1nn(-c2ccc3nncn3n2)c2c1C(c1ccc(OC(C)C)cc1)CC(=O)N2. The highest BCUT2D eigenvalue weighted by atomic mass is 16.5. The molecule has 9 heteroatoms. The number of nitrogens with one attached hydrogen (secondary N) is 1. The number of fused-ring (bicyclic) bond motifs is 2. The average molecular weight is 403 g/mol. The molecule has 152 valence electrons. The molecule has 1 amide bonds. The van der Waals surface area contributed by atoms with Crippen LogP contribution in [0.3, 0.4) is 0 Å². The number of aryl methyl sites for hydroxylation is 1. The van der Waals surface area contributed by atoms with Crippen LogP contribution in [0.25, 0.3) is 11.5 Å². The summed E-state index contributed by atoms with van der Waals surface area (Å²) >= 11 is 0. The van der Waals surface area contributed by atoms with Gasteiger partial charge in [0.2, 0.25) is 5.91 Å². The lowest BCUT2D eigenvalue weighted by Crippen LogP contribution is -2.25. The zero-order valence-electron chi connectivity index (χ0n) is 16.9. The van der Waals surface area contributed by atoms with Crippen LogP contribution in [0.2, 0.25) is 0 Å². The molecule has 0 bridgehead atoms. The molecule has 0 saturated carbocycles. The first-order valence-electron chi connectivity index (χ1n) is 9.83. The number of hydrogen-bond donors (Lipinski definition) is 1. The first-order chi connectivity index (χ1) is 14.5. The van der Waals surface area contributed by atoms with Gasteiger partial charge in [-0.15, -0.1) is 15.3 Å². The van der Waals surface area contributed by atoms with Gasteiger partial charge in [-0.25, -0.2) is 0 Å². The standard InChI is InChI=1S/C21H21N7O2/c1-12(2)30-15-6-4-14(5-7-15)16-10-19(29)23-21-20(16)13(3)25-28(21)18-9-8-17-24-22-11-27(17)26-18/h4-9,11-12,16H,10H2,1-3H3,(H,23,29). The van der Waals surface area contributed by atoms with Crippen LogP contribution < -0.4 is 10.1 Å². The van der Waals surface area contributed by atoms with E-state index in [1.165, 1.54) is 6.33 Å². The van der Waals surface area contributed by atoms with Gasteiger partial charge in [-0.2, -0.15) is 14.3 Å². The second-order valence-electron chi connectivity index (χ2n) is 7.63. The fourth-order valence-corrected chi connectivity index (χ4v) is 3.88. The fraction of sp³-hybridized carbons (Fsp3) is 0.286. The van der Waals surface area contributed by atoms with Crippen LogP contribution in [-0.2, 0) is 4.79 Å². The third-order valence-corrected chi connectivity index (χ3v) is 5.12. The van der Waals surface area contributed by atoms with E-state index in [9.17, 15) is 4.79 Å². The van der Waals surface area contributed by atoms with Crippen molar-refractivity contribution < 1.29 is 9.53 Å². The Hall–Kier alpha value is -3.75. The number of aromatic nitrogens is 6. The zero-order chi connectivity index (χ0) is 20.8. The number of anilines is 1. The van der Waals surface area contributed by atoms with Crippen LogP contribution in [0.5, 0.6) is 5.75 Å². The Morgan fingerprint density at radius 3 is 2.70 bits per heavy atom. The number of hydrogen-bond acceptors (Lipinski definition) is 6. The van der Waals surface area contributed by atoms with Gasteiger partial charge < -0.3 is 10.1 Å². The summed E-state index contributed by atoms with van der Waals surface area (Å²) in [6, 6.07) is 11.6. The van der Waals surface area contributed by atoms with Gasteiger partial charge in [0, 0.05) is 17.9 Å². The quantitative estimate of drug-likeness (QED) is 0.562. The van der Waals surface area contributed by atoms with Crippen LogP contribution >= 0.6 is 0 Å². The molecule has 0 saturated heterocycles. The van der Waals surface area contributed by atoms with Crippen molar-refractivity contribution in [1.82, 2.24) is 29.6 Å². The number of rotatable bonds is 4. The van der Waals surface area contributed by atoms with Gasteiger partial charge in [0.05, 0.1) is 11.8 Å². The van der Waals surface area contributed by atoms with Gasteiger partial charge in [0.25, 0.3) is 0 Å². The highest BCUT2D eigenvalue weighted by Crippen LogP contribution is 2.40. The highest BCUT2D eigenvalue weighted by molar-refractivity contribution is 5.95. The van der Waals surface area contributed by atoms with E-state index in [-0.39, 0.29) is 17.9 Å². The smallest absolute Gasteiger partial charge is 0.226 e. The Morgan fingerprint density at radius 2 is 1.93 bits per heavy atom. The molecular weight excluding hydrogens is 382 g/mol. The number of ether oxygens (including phenoxy) is 1. The van der Waals surface area contributed by atoms with Crippen molar-refractivity contribution in [3.8, 4) is 11.6 Å². The molecule has 1 N–H and O–H groups in total. The fourth-order valence-electron chi connectivity index (χ4n) is 3.88. The highest BCUT2D eigenvalue weighted by Gasteiger charge is 2.33. The summed E-state index contributed by atoms with van der Waals surface area (Å²) in [6.45, 7) is 5.94. The van der Waals surface area contributed by atoms with Crippen LogP contribution in [0.4, 0.5) is 5.82 Å². The molecule has 3 aromatic heterocycles. The molecule has 0 spiro atoms. The van der Waals surface area contributed by atoms with Gasteiger partial charge in [-0.05, 0) is 50.6 Å². The molecule has 30 heavy (non-hydrogen) atoms. The van der Waals surface area contributed by atoms with Crippen molar-refractivity contribution in [3.63, 3.8) is 0 Å². The predicted octanol–water partition coefficient (Wildman–Crippen LogP) is 2.88. The molecule has 0 fully saturated rings. The van der Waals surface area contributed by atoms with E-state index >= 15 is 0 Å². The maximum absolute atomic E-state index is 12.6. The predicted molar refractivity (Wildman–Crippen MR) is 110 cm³/mol. The van der Waals surface area contributed by atoms with Crippen molar-refractivity contribution in [2.45, 2.75) is 39.2 Å². The Labute approximate surface area is 172 Å². The van der Waals surface area contributed by atoms with Crippen molar-refractivity contribution in [1.29, 1.82) is 0 Å². The average Bonchev–Trinajstić information content (AvgIpc) is 3.31. The van der Waals surface area contributed by atoms with E-state index < -0.39 is 0 Å². The summed E-state index contributed by atoms with van der Waals surface area (Å²) in [5, 5.41) is 20.0. The van der Waals surface area contributed by atoms with Gasteiger partial charge in [0.15, 0.2) is 11.5 Å². The summed E-state index contributed by atoms with van der Waals surface area (Å²) in [6.07, 6.45) is 2.00. The number of carbonyl (C=O) groups is 1. The summed E-state index contributed by atoms with van der Waals surface area (Å²) in [7, 11) is 0. The minimum Gasteiger partial charge on any atom is -0.491 e. The molecule has 0 aliphatic carbocycles. The molecule has 1 atom stereocenters. The molecule has 9 nitrogen and oxygen atoms in total. The molecule has 1 aromatic carbocycles. The summed E-state index contributed by atoms with van der Waals surface area (Å²) in [4.78, 5) is 12.6. The third-order valence-electron chi connectivity index (χ3n) is 5.12. The van der Waals surface area contributed by atoms with E-state index in [1.54, 1.807) is 9.20 Å².